The van der Waals surface area contributed by atoms with Crippen molar-refractivity contribution >= 4 is 23.1 Å². The van der Waals surface area contributed by atoms with Gasteiger partial charge in [-0.25, -0.2) is 4.99 Å². The maximum Gasteiger partial charge on any atom is 0.262 e. The van der Waals surface area contributed by atoms with E-state index in [4.69, 9.17) is 14.2 Å². The zero-order chi connectivity index (χ0) is 17.8. The Kier molecular flexibility index (Phi) is 5.00. The first-order valence-corrected chi connectivity index (χ1v) is 7.88. The second kappa shape index (κ2) is 7.36. The van der Waals surface area contributed by atoms with E-state index in [-0.39, 0.29) is 5.91 Å². The Bertz CT molecular complexity index is 769. The summed E-state index contributed by atoms with van der Waals surface area (Å²) < 4.78 is 15.6. The summed E-state index contributed by atoms with van der Waals surface area (Å²) in [7, 11) is 4.75. The number of anilines is 1. The first-order chi connectivity index (χ1) is 12.2. The van der Waals surface area contributed by atoms with Crippen molar-refractivity contribution in [2.75, 3.05) is 26.2 Å². The second-order valence-electron chi connectivity index (χ2n) is 5.53. The molecule has 0 radical (unpaired) electrons. The third-order valence-electron chi connectivity index (χ3n) is 4.07. The molecule has 0 N–H and O–H groups in total. The molecule has 1 aliphatic heterocycles. The number of nitrogens with zero attached hydrogens (tertiary/aromatic N) is 2. The lowest BCUT2D eigenvalue weighted by Gasteiger charge is -2.17. The van der Waals surface area contributed by atoms with Crippen molar-refractivity contribution in [1.29, 1.82) is 0 Å². The Morgan fingerprint density at radius 2 is 1.48 bits per heavy atom. The first kappa shape index (κ1) is 17.0. The molecule has 1 aliphatic rings. The van der Waals surface area contributed by atoms with E-state index in [1.54, 1.807) is 19.1 Å². The van der Waals surface area contributed by atoms with Gasteiger partial charge in [0.1, 0.15) is 23.4 Å². The Labute approximate surface area is 146 Å². The van der Waals surface area contributed by atoms with Crippen LogP contribution in [0.4, 0.5) is 11.4 Å². The Hall–Kier alpha value is -2.86. The zero-order valence-corrected chi connectivity index (χ0v) is 14.4. The van der Waals surface area contributed by atoms with E-state index in [0.29, 0.717) is 12.3 Å². The van der Waals surface area contributed by atoms with Gasteiger partial charge in [-0.15, -0.1) is 0 Å². The number of hydrogen-bond donors (Lipinski definition) is 0. The van der Waals surface area contributed by atoms with Crippen LogP contribution in [0.1, 0.15) is 6.42 Å². The van der Waals surface area contributed by atoms with Crippen LogP contribution in [-0.2, 0) is 9.53 Å². The molecule has 1 atom stereocenters. The molecule has 0 spiro atoms. The lowest BCUT2D eigenvalue weighted by Crippen LogP contribution is -2.32. The number of carbonyl (C=O) groups excluding carboxylic acids is 1. The highest BCUT2D eigenvalue weighted by atomic mass is 16.5. The Morgan fingerprint density at radius 3 is 2.00 bits per heavy atom. The predicted octanol–water partition coefficient (Wildman–Crippen LogP) is 3.19. The number of methoxy groups -OCH3 is 3. The highest BCUT2D eigenvalue weighted by Crippen LogP contribution is 2.29. The number of amides is 1. The molecule has 25 heavy (non-hydrogen) atoms. The molecule has 6 heteroatoms. The van der Waals surface area contributed by atoms with Gasteiger partial charge in [-0.05, 0) is 48.5 Å². The van der Waals surface area contributed by atoms with Crippen molar-refractivity contribution in [3.05, 3.63) is 48.5 Å². The summed E-state index contributed by atoms with van der Waals surface area (Å²) in [5.74, 6) is 2.01. The molecule has 3 rings (SSSR count). The van der Waals surface area contributed by atoms with Crippen molar-refractivity contribution in [3.63, 3.8) is 0 Å². The fourth-order valence-corrected chi connectivity index (χ4v) is 2.71. The standard InChI is InChI=1S/C19H20N2O4/c1-23-15-8-4-13(5-9-15)20-18-12-17(25-3)19(22)21(18)14-6-10-16(24-2)11-7-14/h4-11,17H,12H2,1-3H3/t17-/m1/s1. The normalized spacial score (nSPS) is 18.7. The smallest absolute Gasteiger partial charge is 0.262 e. The van der Waals surface area contributed by atoms with Crippen LogP contribution in [0.15, 0.2) is 53.5 Å². The predicted molar refractivity (Wildman–Crippen MR) is 96.0 cm³/mol. The minimum Gasteiger partial charge on any atom is -0.497 e. The van der Waals surface area contributed by atoms with E-state index < -0.39 is 6.10 Å². The van der Waals surface area contributed by atoms with Gasteiger partial charge in [-0.2, -0.15) is 0 Å². The summed E-state index contributed by atoms with van der Waals surface area (Å²) in [5.41, 5.74) is 1.48. The highest BCUT2D eigenvalue weighted by Gasteiger charge is 2.38. The van der Waals surface area contributed by atoms with Gasteiger partial charge in [0.2, 0.25) is 0 Å². The summed E-state index contributed by atoms with van der Waals surface area (Å²) in [5, 5.41) is 0. The number of ether oxygens (including phenoxy) is 3. The average molecular weight is 340 g/mol. The van der Waals surface area contributed by atoms with Gasteiger partial charge in [0.25, 0.3) is 5.91 Å². The van der Waals surface area contributed by atoms with Crippen molar-refractivity contribution in [2.45, 2.75) is 12.5 Å². The number of benzene rings is 2. The molecular formula is C19H20N2O4. The molecule has 1 fully saturated rings. The Balaban J connectivity index is 1.95. The fourth-order valence-electron chi connectivity index (χ4n) is 2.71. The molecule has 6 nitrogen and oxygen atoms in total. The summed E-state index contributed by atoms with van der Waals surface area (Å²) in [4.78, 5) is 18.9. The van der Waals surface area contributed by atoms with Gasteiger partial charge in [-0.3, -0.25) is 9.69 Å². The van der Waals surface area contributed by atoms with Crippen molar-refractivity contribution in [2.24, 2.45) is 4.99 Å². The van der Waals surface area contributed by atoms with E-state index in [2.05, 4.69) is 4.99 Å². The van der Waals surface area contributed by atoms with Crippen LogP contribution in [0.3, 0.4) is 0 Å². The lowest BCUT2D eigenvalue weighted by molar-refractivity contribution is -0.125. The summed E-state index contributed by atoms with van der Waals surface area (Å²) in [6.45, 7) is 0. The number of hydrogen-bond acceptors (Lipinski definition) is 5. The number of rotatable bonds is 5. The van der Waals surface area contributed by atoms with E-state index in [1.807, 2.05) is 48.5 Å². The van der Waals surface area contributed by atoms with Crippen molar-refractivity contribution in [1.82, 2.24) is 0 Å². The van der Waals surface area contributed by atoms with Gasteiger partial charge in [0, 0.05) is 13.5 Å². The Morgan fingerprint density at radius 1 is 0.920 bits per heavy atom. The van der Waals surface area contributed by atoms with E-state index >= 15 is 0 Å². The first-order valence-electron chi connectivity index (χ1n) is 7.88. The topological polar surface area (TPSA) is 60.4 Å². The zero-order valence-electron chi connectivity index (χ0n) is 14.4. The monoisotopic (exact) mass is 340 g/mol. The third kappa shape index (κ3) is 3.49. The average Bonchev–Trinajstić information content (AvgIpc) is 2.97. The van der Waals surface area contributed by atoms with E-state index in [9.17, 15) is 4.79 Å². The van der Waals surface area contributed by atoms with Crippen LogP contribution >= 0.6 is 0 Å². The van der Waals surface area contributed by atoms with Gasteiger partial charge in [0.05, 0.1) is 25.6 Å². The molecular weight excluding hydrogens is 320 g/mol. The SMILES string of the molecule is COc1ccc(N=C2C[C@@H](OC)C(=O)N2c2ccc(OC)cc2)cc1. The maximum atomic E-state index is 12.7. The molecule has 1 saturated heterocycles. The fraction of sp³-hybridized carbons (Fsp3) is 0.263. The molecule has 0 aromatic heterocycles. The van der Waals surface area contributed by atoms with Crippen LogP contribution in [0, 0.1) is 0 Å². The number of amidine groups is 1. The molecule has 2 aromatic carbocycles. The maximum absolute atomic E-state index is 12.7. The second-order valence-corrected chi connectivity index (χ2v) is 5.53. The minimum atomic E-state index is -0.529. The van der Waals surface area contributed by atoms with Crippen LogP contribution in [0.2, 0.25) is 0 Å². The van der Waals surface area contributed by atoms with E-state index in [1.165, 1.54) is 7.11 Å². The van der Waals surface area contributed by atoms with Crippen molar-refractivity contribution < 1.29 is 19.0 Å². The van der Waals surface area contributed by atoms with Crippen LogP contribution in [0.5, 0.6) is 11.5 Å². The van der Waals surface area contributed by atoms with Gasteiger partial charge < -0.3 is 14.2 Å². The van der Waals surface area contributed by atoms with Crippen molar-refractivity contribution in [3.8, 4) is 11.5 Å². The van der Waals surface area contributed by atoms with Crippen LogP contribution < -0.4 is 14.4 Å². The summed E-state index contributed by atoms with van der Waals surface area (Å²) in [6, 6.07) is 14.7. The summed E-state index contributed by atoms with van der Waals surface area (Å²) >= 11 is 0. The molecule has 0 saturated carbocycles. The molecule has 0 bridgehead atoms. The molecule has 0 aliphatic carbocycles. The van der Waals surface area contributed by atoms with Crippen LogP contribution in [0.25, 0.3) is 0 Å². The molecule has 0 unspecified atom stereocenters. The quantitative estimate of drug-likeness (QED) is 0.839. The minimum absolute atomic E-state index is 0.125. The van der Waals surface area contributed by atoms with Gasteiger partial charge in [0.15, 0.2) is 0 Å². The van der Waals surface area contributed by atoms with Crippen LogP contribution in [-0.4, -0.2) is 39.2 Å². The highest BCUT2D eigenvalue weighted by molar-refractivity contribution is 6.24. The number of carbonyl (C=O) groups is 1. The van der Waals surface area contributed by atoms with Gasteiger partial charge >= 0.3 is 0 Å². The molecule has 1 amide bonds. The summed E-state index contributed by atoms with van der Waals surface area (Å²) in [6.07, 6.45) is -0.105. The largest absolute Gasteiger partial charge is 0.497 e. The molecule has 130 valence electrons. The number of aliphatic imine (C=N–C) groups is 1. The third-order valence-corrected chi connectivity index (χ3v) is 4.07. The van der Waals surface area contributed by atoms with E-state index in [0.717, 1.165) is 22.9 Å². The molecule has 2 aromatic rings. The van der Waals surface area contributed by atoms with Gasteiger partial charge in [-0.1, -0.05) is 0 Å². The lowest BCUT2D eigenvalue weighted by atomic mass is 10.2. The molecule has 1 heterocycles.